The molecule has 60 valence electrons. The van der Waals surface area contributed by atoms with Crippen molar-refractivity contribution in [1.29, 1.82) is 0 Å². The van der Waals surface area contributed by atoms with E-state index in [4.69, 9.17) is 11.6 Å². The zero-order chi connectivity index (χ0) is 7.82. The van der Waals surface area contributed by atoms with Crippen molar-refractivity contribution in [2.24, 2.45) is 0 Å². The fourth-order valence-corrected chi connectivity index (χ4v) is 1.21. The number of halogens is 2. The molecule has 0 N–H and O–H groups in total. The van der Waals surface area contributed by atoms with Gasteiger partial charge in [-0.2, -0.15) is 0 Å². The lowest BCUT2D eigenvalue weighted by atomic mass is 10.1. The van der Waals surface area contributed by atoms with Crippen molar-refractivity contribution in [3.63, 3.8) is 0 Å². The third-order valence-corrected chi connectivity index (χ3v) is 2.87. The summed E-state index contributed by atoms with van der Waals surface area (Å²) in [7, 11) is 0. The highest BCUT2D eigenvalue weighted by atomic mass is 79.9. The number of hydrogen-bond acceptors (Lipinski definition) is 0. The second kappa shape index (κ2) is 7.62. The Hall–Kier alpha value is 0.510. The molecule has 0 aliphatic heterocycles. The summed E-state index contributed by atoms with van der Waals surface area (Å²) in [4.78, 5) is 0. The van der Waals surface area contributed by atoms with Crippen molar-refractivity contribution < 1.29 is 0 Å². The van der Waals surface area contributed by atoms with Crippen molar-refractivity contribution in [2.75, 3.05) is 5.33 Å². The van der Waals surface area contributed by atoms with Crippen LogP contribution in [-0.4, -0.2) is 10.7 Å². The Labute approximate surface area is 76.8 Å². The van der Waals surface area contributed by atoms with Gasteiger partial charge >= 0.3 is 0 Å². The molecule has 0 aliphatic carbocycles. The van der Waals surface area contributed by atoms with Crippen LogP contribution >= 0.6 is 27.5 Å². The molecule has 0 rings (SSSR count). The van der Waals surface area contributed by atoms with E-state index >= 15 is 0 Å². The molecule has 0 heterocycles. The number of unbranched alkanes of at least 4 members (excludes halogenated alkanes) is 2. The third-order valence-electron chi connectivity index (χ3n) is 1.34. The van der Waals surface area contributed by atoms with Crippen molar-refractivity contribution >= 4 is 27.5 Å². The van der Waals surface area contributed by atoms with E-state index in [0.29, 0.717) is 5.38 Å². The summed E-state index contributed by atoms with van der Waals surface area (Å²) in [6.45, 7) is 3.66. The number of allylic oxidation sites excluding steroid dienone is 1. The average molecular weight is 226 g/mol. The highest BCUT2D eigenvalue weighted by Crippen LogP contribution is 2.10. The summed E-state index contributed by atoms with van der Waals surface area (Å²) in [5.74, 6) is 0. The Kier molecular flexibility index (Phi) is 8.00. The fraction of sp³-hybridized carbons (Fsp3) is 0.750. The molecule has 0 fully saturated rings. The minimum Gasteiger partial charge on any atom is -0.122 e. The molecule has 1 atom stereocenters. The van der Waals surface area contributed by atoms with Gasteiger partial charge in [-0.05, 0) is 19.3 Å². The maximum Gasteiger partial charge on any atom is 0.0432 e. The van der Waals surface area contributed by atoms with Gasteiger partial charge in [0.1, 0.15) is 0 Å². The van der Waals surface area contributed by atoms with Crippen molar-refractivity contribution in [1.82, 2.24) is 0 Å². The smallest absolute Gasteiger partial charge is 0.0432 e. The van der Waals surface area contributed by atoms with Gasteiger partial charge in [0.25, 0.3) is 0 Å². The molecule has 0 aliphatic rings. The molecular weight excluding hydrogens is 211 g/mol. The highest BCUT2D eigenvalue weighted by Gasteiger charge is 1.99. The zero-order valence-corrected chi connectivity index (χ0v) is 8.50. The van der Waals surface area contributed by atoms with Crippen LogP contribution in [0.15, 0.2) is 12.7 Å². The molecule has 0 saturated heterocycles. The maximum absolute atomic E-state index is 5.87. The minimum absolute atomic E-state index is 0.310. The Bertz CT molecular complexity index is 83.3. The lowest BCUT2D eigenvalue weighted by Gasteiger charge is -2.02. The maximum atomic E-state index is 5.87. The van der Waals surface area contributed by atoms with Gasteiger partial charge in [-0.3, -0.25) is 0 Å². The largest absolute Gasteiger partial charge is 0.122 e. The first kappa shape index (κ1) is 10.5. The van der Waals surface area contributed by atoms with E-state index in [1.54, 1.807) is 0 Å². The topological polar surface area (TPSA) is 0 Å². The molecular formula is C8H14BrCl. The third kappa shape index (κ3) is 6.63. The van der Waals surface area contributed by atoms with E-state index < -0.39 is 0 Å². The molecule has 0 aromatic heterocycles. The molecule has 0 aromatic rings. The lowest BCUT2D eigenvalue weighted by molar-refractivity contribution is 0.684. The van der Waals surface area contributed by atoms with Gasteiger partial charge < -0.3 is 0 Å². The van der Waals surface area contributed by atoms with E-state index in [1.807, 2.05) is 6.08 Å². The quantitative estimate of drug-likeness (QED) is 0.367. The van der Waals surface area contributed by atoms with Gasteiger partial charge in [-0.15, -0.1) is 18.2 Å². The van der Waals surface area contributed by atoms with Crippen LogP contribution in [0.1, 0.15) is 25.7 Å². The molecule has 0 aromatic carbocycles. The van der Waals surface area contributed by atoms with Gasteiger partial charge in [-0.1, -0.05) is 28.4 Å². The predicted molar refractivity (Wildman–Crippen MR) is 52.1 cm³/mol. The number of alkyl halides is 2. The van der Waals surface area contributed by atoms with Crippen LogP contribution in [0, 0.1) is 0 Å². The van der Waals surface area contributed by atoms with Crippen LogP contribution in [0.3, 0.4) is 0 Å². The predicted octanol–water partition coefficient (Wildman–Crippen LogP) is 3.74. The van der Waals surface area contributed by atoms with Crippen molar-refractivity contribution in [2.45, 2.75) is 31.1 Å². The lowest BCUT2D eigenvalue weighted by Crippen LogP contribution is -1.98. The molecule has 0 saturated carbocycles. The van der Waals surface area contributed by atoms with Gasteiger partial charge in [0.2, 0.25) is 0 Å². The van der Waals surface area contributed by atoms with E-state index in [0.717, 1.165) is 18.2 Å². The first-order chi connectivity index (χ1) is 4.81. The van der Waals surface area contributed by atoms with Crippen molar-refractivity contribution in [3.05, 3.63) is 12.7 Å². The normalized spacial score (nSPS) is 13.0. The molecule has 2 heteroatoms. The summed E-state index contributed by atoms with van der Waals surface area (Å²) in [6.07, 6.45) is 6.62. The Morgan fingerprint density at radius 2 is 2.20 bits per heavy atom. The molecule has 0 bridgehead atoms. The molecule has 10 heavy (non-hydrogen) atoms. The van der Waals surface area contributed by atoms with Crippen LogP contribution in [0.5, 0.6) is 0 Å². The molecule has 0 spiro atoms. The minimum atomic E-state index is 0.310. The van der Waals surface area contributed by atoms with Gasteiger partial charge in [0.15, 0.2) is 0 Å². The van der Waals surface area contributed by atoms with Gasteiger partial charge in [0.05, 0.1) is 0 Å². The molecule has 0 amide bonds. The monoisotopic (exact) mass is 224 g/mol. The Morgan fingerprint density at radius 1 is 1.50 bits per heavy atom. The second-order valence-corrected chi connectivity index (χ2v) is 3.59. The van der Waals surface area contributed by atoms with Crippen LogP contribution in [0.4, 0.5) is 0 Å². The fourth-order valence-electron chi connectivity index (χ4n) is 0.732. The summed E-state index contributed by atoms with van der Waals surface area (Å²) >= 11 is 9.20. The number of rotatable bonds is 6. The SMILES string of the molecule is C=CCCCCC(Cl)CBr. The first-order valence-electron chi connectivity index (χ1n) is 3.62. The van der Waals surface area contributed by atoms with E-state index in [9.17, 15) is 0 Å². The van der Waals surface area contributed by atoms with E-state index in [-0.39, 0.29) is 0 Å². The van der Waals surface area contributed by atoms with E-state index in [1.165, 1.54) is 12.8 Å². The average Bonchev–Trinajstić information content (AvgIpc) is 1.98. The van der Waals surface area contributed by atoms with Crippen molar-refractivity contribution in [3.8, 4) is 0 Å². The highest BCUT2D eigenvalue weighted by molar-refractivity contribution is 9.09. The van der Waals surface area contributed by atoms with Crippen LogP contribution in [0.2, 0.25) is 0 Å². The molecule has 1 unspecified atom stereocenters. The van der Waals surface area contributed by atoms with Gasteiger partial charge in [0, 0.05) is 10.7 Å². The summed E-state index contributed by atoms with van der Waals surface area (Å²) in [5.41, 5.74) is 0. The Balaban J connectivity index is 2.95. The standard InChI is InChI=1S/C8H14BrCl/c1-2-3-4-5-6-8(10)7-9/h2,8H,1,3-7H2. The summed E-state index contributed by atoms with van der Waals surface area (Å²) in [6, 6.07) is 0. The van der Waals surface area contributed by atoms with Crippen LogP contribution in [-0.2, 0) is 0 Å². The van der Waals surface area contributed by atoms with Crippen LogP contribution < -0.4 is 0 Å². The number of hydrogen-bond donors (Lipinski definition) is 0. The van der Waals surface area contributed by atoms with Crippen LogP contribution in [0.25, 0.3) is 0 Å². The first-order valence-corrected chi connectivity index (χ1v) is 5.18. The Morgan fingerprint density at radius 3 is 2.70 bits per heavy atom. The molecule has 0 nitrogen and oxygen atoms in total. The summed E-state index contributed by atoms with van der Waals surface area (Å²) < 4.78 is 0. The van der Waals surface area contributed by atoms with Gasteiger partial charge in [-0.25, -0.2) is 0 Å². The molecule has 0 radical (unpaired) electrons. The summed E-state index contributed by atoms with van der Waals surface area (Å²) in [5, 5.41) is 1.22. The van der Waals surface area contributed by atoms with E-state index in [2.05, 4.69) is 22.5 Å². The zero-order valence-electron chi connectivity index (χ0n) is 6.15. The second-order valence-electron chi connectivity index (χ2n) is 2.32.